The van der Waals surface area contributed by atoms with Crippen molar-refractivity contribution in [3.05, 3.63) is 11.3 Å². The second kappa shape index (κ2) is 7.16. The van der Waals surface area contributed by atoms with E-state index >= 15 is 0 Å². The number of hydrogen-bond donors (Lipinski definition) is 2. The standard InChI is InChI=1S/C13H21NO4/c1-3-18-13(17)10(9(2)15)8-14-11-6-4-5-7-12(11)16/h8,11-12,15-16H,3-7H2,1-2H3/b10-9-,14-8?. The molecule has 0 spiro atoms. The monoisotopic (exact) mass is 255 g/mol. The van der Waals surface area contributed by atoms with Crippen LogP contribution >= 0.6 is 0 Å². The van der Waals surface area contributed by atoms with E-state index in [2.05, 4.69) is 4.99 Å². The minimum Gasteiger partial charge on any atom is -0.512 e. The zero-order valence-electron chi connectivity index (χ0n) is 10.9. The van der Waals surface area contributed by atoms with Gasteiger partial charge in [-0.1, -0.05) is 12.8 Å². The maximum Gasteiger partial charge on any atom is 0.343 e. The fourth-order valence-electron chi connectivity index (χ4n) is 1.94. The van der Waals surface area contributed by atoms with Crippen LogP contribution in [0.5, 0.6) is 0 Å². The van der Waals surface area contributed by atoms with Gasteiger partial charge in [-0.15, -0.1) is 0 Å². The molecule has 0 radical (unpaired) electrons. The third-order valence-electron chi connectivity index (χ3n) is 2.97. The summed E-state index contributed by atoms with van der Waals surface area (Å²) in [4.78, 5) is 15.7. The highest BCUT2D eigenvalue weighted by Gasteiger charge is 2.22. The number of esters is 1. The third kappa shape index (κ3) is 4.14. The summed E-state index contributed by atoms with van der Waals surface area (Å²) in [7, 11) is 0. The fourth-order valence-corrected chi connectivity index (χ4v) is 1.94. The van der Waals surface area contributed by atoms with E-state index in [-0.39, 0.29) is 24.0 Å². The van der Waals surface area contributed by atoms with Gasteiger partial charge in [0.1, 0.15) is 11.3 Å². The van der Waals surface area contributed by atoms with Crippen LogP contribution in [0.1, 0.15) is 39.5 Å². The number of nitrogens with zero attached hydrogens (tertiary/aromatic N) is 1. The molecule has 2 N–H and O–H groups in total. The lowest BCUT2D eigenvalue weighted by Gasteiger charge is -2.23. The van der Waals surface area contributed by atoms with Gasteiger partial charge in [0.2, 0.25) is 0 Å². The number of rotatable bonds is 4. The normalized spacial score (nSPS) is 25.9. The Morgan fingerprint density at radius 3 is 2.67 bits per heavy atom. The van der Waals surface area contributed by atoms with Crippen LogP contribution in [0.3, 0.4) is 0 Å². The number of aliphatic hydroxyl groups is 2. The van der Waals surface area contributed by atoms with Gasteiger partial charge >= 0.3 is 5.97 Å². The number of aliphatic hydroxyl groups excluding tert-OH is 2. The minimum atomic E-state index is -0.591. The van der Waals surface area contributed by atoms with E-state index in [9.17, 15) is 15.0 Å². The lowest BCUT2D eigenvalue weighted by Crippen LogP contribution is -2.28. The zero-order valence-corrected chi connectivity index (χ0v) is 10.9. The third-order valence-corrected chi connectivity index (χ3v) is 2.97. The van der Waals surface area contributed by atoms with Crippen LogP contribution in [0.2, 0.25) is 0 Å². The van der Waals surface area contributed by atoms with Crippen molar-refractivity contribution in [2.24, 2.45) is 4.99 Å². The first-order valence-electron chi connectivity index (χ1n) is 6.34. The van der Waals surface area contributed by atoms with E-state index < -0.39 is 12.1 Å². The maximum atomic E-state index is 11.5. The first-order valence-corrected chi connectivity index (χ1v) is 6.34. The molecule has 2 atom stereocenters. The van der Waals surface area contributed by atoms with Crippen LogP contribution < -0.4 is 0 Å². The lowest BCUT2D eigenvalue weighted by atomic mass is 9.93. The summed E-state index contributed by atoms with van der Waals surface area (Å²) in [5, 5.41) is 19.2. The van der Waals surface area contributed by atoms with Gasteiger partial charge in [-0.05, 0) is 26.7 Å². The highest BCUT2D eigenvalue weighted by molar-refractivity contribution is 6.09. The van der Waals surface area contributed by atoms with Gasteiger partial charge in [-0.25, -0.2) is 4.79 Å². The average molecular weight is 255 g/mol. The van der Waals surface area contributed by atoms with E-state index in [1.807, 2.05) is 0 Å². The van der Waals surface area contributed by atoms with Crippen molar-refractivity contribution in [1.29, 1.82) is 0 Å². The summed E-state index contributed by atoms with van der Waals surface area (Å²) in [6.45, 7) is 3.36. The highest BCUT2D eigenvalue weighted by Crippen LogP contribution is 2.21. The maximum absolute atomic E-state index is 11.5. The molecule has 102 valence electrons. The predicted octanol–water partition coefficient (Wildman–Crippen LogP) is 1.76. The Kier molecular flexibility index (Phi) is 5.85. The molecular formula is C13H21NO4. The number of carbonyl (C=O) groups excluding carboxylic acids is 1. The summed E-state index contributed by atoms with van der Waals surface area (Å²) in [6.07, 6.45) is 4.42. The second-order valence-electron chi connectivity index (χ2n) is 4.42. The number of carbonyl (C=O) groups is 1. The summed E-state index contributed by atoms with van der Waals surface area (Å²) in [6, 6.07) is -0.192. The van der Waals surface area contributed by atoms with E-state index in [4.69, 9.17) is 4.74 Å². The molecule has 0 aromatic heterocycles. The van der Waals surface area contributed by atoms with Gasteiger partial charge < -0.3 is 14.9 Å². The first-order chi connectivity index (χ1) is 8.56. The van der Waals surface area contributed by atoms with E-state index in [0.29, 0.717) is 0 Å². The zero-order chi connectivity index (χ0) is 13.5. The summed E-state index contributed by atoms with van der Waals surface area (Å²) >= 11 is 0. The first kappa shape index (κ1) is 14.7. The summed E-state index contributed by atoms with van der Waals surface area (Å²) in [5.41, 5.74) is 0.0506. The lowest BCUT2D eigenvalue weighted by molar-refractivity contribution is -0.138. The number of allylic oxidation sites excluding steroid dienone is 1. The summed E-state index contributed by atoms with van der Waals surface area (Å²) < 4.78 is 4.82. The van der Waals surface area contributed by atoms with Crippen LogP contribution in [-0.4, -0.2) is 41.1 Å². The number of ether oxygens (including phenoxy) is 1. The average Bonchev–Trinajstić information content (AvgIpc) is 2.31. The van der Waals surface area contributed by atoms with Crippen molar-refractivity contribution in [2.75, 3.05) is 6.61 Å². The minimum absolute atomic E-state index is 0.0506. The molecule has 18 heavy (non-hydrogen) atoms. The molecule has 0 amide bonds. The van der Waals surface area contributed by atoms with Crippen LogP contribution in [0.4, 0.5) is 0 Å². The van der Waals surface area contributed by atoms with Crippen molar-refractivity contribution in [2.45, 2.75) is 51.7 Å². The SMILES string of the molecule is CCOC(=O)/C(C=NC1CCCCC1O)=C(/C)O. The van der Waals surface area contributed by atoms with Crippen LogP contribution in [-0.2, 0) is 9.53 Å². The van der Waals surface area contributed by atoms with E-state index in [0.717, 1.165) is 25.7 Å². The second-order valence-corrected chi connectivity index (χ2v) is 4.42. The van der Waals surface area contributed by atoms with E-state index in [1.165, 1.54) is 13.1 Å². The Morgan fingerprint density at radius 2 is 2.11 bits per heavy atom. The largest absolute Gasteiger partial charge is 0.512 e. The van der Waals surface area contributed by atoms with Crippen molar-refractivity contribution < 1.29 is 19.7 Å². The van der Waals surface area contributed by atoms with Crippen LogP contribution in [0.15, 0.2) is 16.3 Å². The van der Waals surface area contributed by atoms with Crippen molar-refractivity contribution in [1.82, 2.24) is 0 Å². The smallest absolute Gasteiger partial charge is 0.343 e. The van der Waals surface area contributed by atoms with Gasteiger partial charge in [-0.3, -0.25) is 4.99 Å². The Labute approximate surface area is 107 Å². The van der Waals surface area contributed by atoms with Gasteiger partial charge in [0.25, 0.3) is 0 Å². The van der Waals surface area contributed by atoms with Gasteiger partial charge in [0, 0.05) is 6.21 Å². The van der Waals surface area contributed by atoms with Crippen molar-refractivity contribution in [3.63, 3.8) is 0 Å². The highest BCUT2D eigenvalue weighted by atomic mass is 16.5. The summed E-state index contributed by atoms with van der Waals surface area (Å²) in [5.74, 6) is -0.714. The van der Waals surface area contributed by atoms with Crippen molar-refractivity contribution in [3.8, 4) is 0 Å². The fraction of sp³-hybridized carbons (Fsp3) is 0.692. The molecule has 0 bridgehead atoms. The van der Waals surface area contributed by atoms with Crippen molar-refractivity contribution >= 4 is 12.2 Å². The Bertz CT molecular complexity index is 345. The van der Waals surface area contributed by atoms with E-state index in [1.54, 1.807) is 6.92 Å². The van der Waals surface area contributed by atoms with Crippen LogP contribution in [0.25, 0.3) is 0 Å². The topological polar surface area (TPSA) is 79.1 Å². The Hall–Kier alpha value is -1.36. The molecule has 1 fully saturated rings. The molecule has 1 rings (SSSR count). The molecule has 5 nitrogen and oxygen atoms in total. The Balaban J connectivity index is 2.72. The molecule has 0 aromatic carbocycles. The molecule has 2 unspecified atom stereocenters. The van der Waals surface area contributed by atoms with Gasteiger partial charge in [0.05, 0.1) is 18.8 Å². The predicted molar refractivity (Wildman–Crippen MR) is 68.7 cm³/mol. The molecule has 0 heterocycles. The molecule has 0 aliphatic heterocycles. The van der Waals surface area contributed by atoms with Gasteiger partial charge in [-0.2, -0.15) is 0 Å². The molecule has 1 aliphatic rings. The number of hydrogen-bond acceptors (Lipinski definition) is 5. The molecule has 0 saturated heterocycles. The quantitative estimate of drug-likeness (QED) is 0.347. The van der Waals surface area contributed by atoms with Crippen LogP contribution in [0, 0.1) is 0 Å². The molecule has 0 aromatic rings. The van der Waals surface area contributed by atoms with Gasteiger partial charge in [0.15, 0.2) is 0 Å². The number of aliphatic imine (C=N–C) groups is 1. The molecule has 5 heteroatoms. The molecule has 1 aliphatic carbocycles. The molecular weight excluding hydrogens is 234 g/mol. The Morgan fingerprint density at radius 1 is 1.44 bits per heavy atom. The molecule has 1 saturated carbocycles.